The van der Waals surface area contributed by atoms with Crippen LogP contribution in [0.3, 0.4) is 0 Å². The summed E-state index contributed by atoms with van der Waals surface area (Å²) in [7, 11) is 0. The smallest absolute Gasteiger partial charge is 0.229 e. The molecule has 1 N–H and O–H groups in total. The number of hydrogen-bond acceptors (Lipinski definition) is 3. The van der Waals surface area contributed by atoms with Gasteiger partial charge in [-0.25, -0.2) is 0 Å². The van der Waals surface area contributed by atoms with E-state index in [0.717, 1.165) is 31.7 Å². The zero-order valence-electron chi connectivity index (χ0n) is 11.3. The van der Waals surface area contributed by atoms with Crippen LogP contribution in [-0.4, -0.2) is 28.9 Å². The van der Waals surface area contributed by atoms with Gasteiger partial charge in [0.1, 0.15) is 0 Å². The first-order valence-corrected chi connectivity index (χ1v) is 6.40. The van der Waals surface area contributed by atoms with E-state index in [2.05, 4.69) is 10.4 Å². The summed E-state index contributed by atoms with van der Waals surface area (Å²) in [5, 5.41) is 7.21. The van der Waals surface area contributed by atoms with Crippen LogP contribution in [0.1, 0.15) is 39.7 Å². The van der Waals surface area contributed by atoms with Gasteiger partial charge in [-0.3, -0.25) is 9.48 Å². The van der Waals surface area contributed by atoms with Gasteiger partial charge in [0.2, 0.25) is 5.91 Å². The fraction of sp³-hybridized carbons (Fsp3) is 0.692. The second-order valence-corrected chi connectivity index (χ2v) is 5.76. The van der Waals surface area contributed by atoms with Gasteiger partial charge < -0.3 is 10.1 Å². The summed E-state index contributed by atoms with van der Waals surface area (Å²) in [5.41, 5.74) is 0.377. The Kier molecular flexibility index (Phi) is 3.71. The zero-order chi connectivity index (χ0) is 13.2. The summed E-state index contributed by atoms with van der Waals surface area (Å²) in [5.74, 6) is 0.00836. The van der Waals surface area contributed by atoms with Crippen molar-refractivity contribution in [1.29, 1.82) is 0 Å². The summed E-state index contributed by atoms with van der Waals surface area (Å²) in [6.07, 6.45) is 5.57. The van der Waals surface area contributed by atoms with E-state index in [1.165, 1.54) is 0 Å². The predicted molar refractivity (Wildman–Crippen MR) is 69.4 cm³/mol. The van der Waals surface area contributed by atoms with E-state index in [-0.39, 0.29) is 11.3 Å². The van der Waals surface area contributed by atoms with Gasteiger partial charge >= 0.3 is 0 Å². The van der Waals surface area contributed by atoms with Gasteiger partial charge in [-0.1, -0.05) is 20.8 Å². The van der Waals surface area contributed by atoms with Gasteiger partial charge in [0.15, 0.2) is 0 Å². The molecule has 0 bridgehead atoms. The number of hydrogen-bond donors (Lipinski definition) is 1. The Morgan fingerprint density at radius 3 is 2.72 bits per heavy atom. The predicted octanol–water partition coefficient (Wildman–Crippen LogP) is 2.22. The van der Waals surface area contributed by atoms with Crippen molar-refractivity contribution in [2.24, 2.45) is 5.41 Å². The second-order valence-electron chi connectivity index (χ2n) is 5.76. The molecule has 1 aromatic heterocycles. The first-order valence-electron chi connectivity index (χ1n) is 6.40. The lowest BCUT2D eigenvalue weighted by molar-refractivity contribution is -0.123. The van der Waals surface area contributed by atoms with Crippen LogP contribution in [0.2, 0.25) is 0 Å². The van der Waals surface area contributed by atoms with Gasteiger partial charge in [0, 0.05) is 24.8 Å². The van der Waals surface area contributed by atoms with E-state index in [1.807, 2.05) is 31.6 Å². The highest BCUT2D eigenvalue weighted by Crippen LogP contribution is 2.22. The van der Waals surface area contributed by atoms with E-state index < -0.39 is 0 Å². The topological polar surface area (TPSA) is 56.2 Å². The van der Waals surface area contributed by atoms with Crippen LogP contribution in [-0.2, 0) is 9.53 Å². The van der Waals surface area contributed by atoms with E-state index >= 15 is 0 Å². The number of nitrogens with one attached hydrogen (secondary N) is 1. The maximum absolute atomic E-state index is 11.9. The molecule has 0 unspecified atom stereocenters. The van der Waals surface area contributed by atoms with Crippen LogP contribution in [0, 0.1) is 5.41 Å². The van der Waals surface area contributed by atoms with Crippen LogP contribution in [0.15, 0.2) is 12.4 Å². The molecule has 0 aliphatic carbocycles. The summed E-state index contributed by atoms with van der Waals surface area (Å²) in [6, 6.07) is 0.388. The van der Waals surface area contributed by atoms with Crippen LogP contribution >= 0.6 is 0 Å². The second kappa shape index (κ2) is 5.10. The van der Waals surface area contributed by atoms with Crippen molar-refractivity contribution in [1.82, 2.24) is 9.78 Å². The number of anilines is 1. The zero-order valence-corrected chi connectivity index (χ0v) is 11.3. The molecule has 2 heterocycles. The summed E-state index contributed by atoms with van der Waals surface area (Å²) in [6.45, 7) is 7.25. The normalized spacial score (nSPS) is 17.7. The van der Waals surface area contributed by atoms with Crippen molar-refractivity contribution in [3.05, 3.63) is 12.4 Å². The monoisotopic (exact) mass is 251 g/mol. The molecule has 5 nitrogen and oxygen atoms in total. The Morgan fingerprint density at radius 2 is 2.11 bits per heavy atom. The molecule has 100 valence electrons. The Morgan fingerprint density at radius 1 is 1.44 bits per heavy atom. The molecule has 2 rings (SSSR count). The number of nitrogens with zero attached hydrogens (tertiary/aromatic N) is 2. The van der Waals surface area contributed by atoms with E-state index in [1.54, 1.807) is 6.20 Å². The minimum absolute atomic E-state index is 0.00836. The molecule has 1 aliphatic heterocycles. The molecular formula is C13H21N3O2. The van der Waals surface area contributed by atoms with Gasteiger partial charge in [-0.15, -0.1) is 0 Å². The number of rotatable bonds is 2. The molecule has 0 atom stereocenters. The standard InChI is InChI=1S/C13H21N3O2/c1-13(2,3)12(17)15-10-8-14-16(9-10)11-4-6-18-7-5-11/h8-9,11H,4-7H2,1-3H3,(H,15,17). The Bertz CT molecular complexity index is 414. The van der Waals surface area contributed by atoms with Gasteiger partial charge in [-0.05, 0) is 12.8 Å². The van der Waals surface area contributed by atoms with Crippen LogP contribution in [0.4, 0.5) is 5.69 Å². The highest BCUT2D eigenvalue weighted by atomic mass is 16.5. The molecule has 1 aromatic rings. The third-order valence-electron chi connectivity index (χ3n) is 3.11. The maximum atomic E-state index is 11.9. The first-order chi connectivity index (χ1) is 8.47. The lowest BCUT2D eigenvalue weighted by atomic mass is 9.96. The van der Waals surface area contributed by atoms with Crippen molar-refractivity contribution in [2.45, 2.75) is 39.7 Å². The van der Waals surface area contributed by atoms with Crippen LogP contribution in [0.25, 0.3) is 0 Å². The largest absolute Gasteiger partial charge is 0.381 e. The van der Waals surface area contributed by atoms with Gasteiger partial charge in [0.25, 0.3) is 0 Å². The molecular weight excluding hydrogens is 230 g/mol. The minimum atomic E-state index is -0.388. The average Bonchev–Trinajstić information content (AvgIpc) is 2.77. The van der Waals surface area contributed by atoms with Gasteiger partial charge in [-0.2, -0.15) is 5.10 Å². The molecule has 0 spiro atoms. The number of aromatic nitrogens is 2. The Hall–Kier alpha value is -1.36. The van der Waals surface area contributed by atoms with E-state index in [4.69, 9.17) is 4.74 Å². The Balaban J connectivity index is 1.99. The summed E-state index contributed by atoms with van der Waals surface area (Å²) >= 11 is 0. The molecule has 0 aromatic carbocycles. The highest BCUT2D eigenvalue weighted by molar-refractivity contribution is 5.94. The van der Waals surface area contributed by atoms with E-state index in [0.29, 0.717) is 6.04 Å². The molecule has 1 aliphatic rings. The fourth-order valence-electron chi connectivity index (χ4n) is 1.87. The van der Waals surface area contributed by atoms with Crippen molar-refractivity contribution in [3.63, 3.8) is 0 Å². The summed E-state index contributed by atoms with van der Waals surface area (Å²) < 4.78 is 7.26. The molecule has 5 heteroatoms. The molecule has 1 saturated heterocycles. The molecule has 1 amide bonds. The van der Waals surface area contributed by atoms with Crippen molar-refractivity contribution in [2.75, 3.05) is 18.5 Å². The molecule has 0 radical (unpaired) electrons. The van der Waals surface area contributed by atoms with Gasteiger partial charge in [0.05, 0.1) is 17.9 Å². The average molecular weight is 251 g/mol. The third kappa shape index (κ3) is 3.10. The SMILES string of the molecule is CC(C)(C)C(=O)Nc1cnn(C2CCOCC2)c1. The molecule has 1 fully saturated rings. The first kappa shape index (κ1) is 13.1. The third-order valence-corrected chi connectivity index (χ3v) is 3.11. The van der Waals surface area contributed by atoms with E-state index in [9.17, 15) is 4.79 Å². The van der Waals surface area contributed by atoms with Crippen LogP contribution < -0.4 is 5.32 Å². The Labute approximate surface area is 108 Å². The fourth-order valence-corrected chi connectivity index (χ4v) is 1.87. The molecule has 18 heavy (non-hydrogen) atoms. The highest BCUT2D eigenvalue weighted by Gasteiger charge is 2.22. The number of carbonyl (C=O) groups is 1. The summed E-state index contributed by atoms with van der Waals surface area (Å²) in [4.78, 5) is 11.9. The number of ether oxygens (including phenoxy) is 1. The van der Waals surface area contributed by atoms with Crippen LogP contribution in [0.5, 0.6) is 0 Å². The minimum Gasteiger partial charge on any atom is -0.381 e. The number of amides is 1. The quantitative estimate of drug-likeness (QED) is 0.876. The maximum Gasteiger partial charge on any atom is 0.229 e. The van der Waals surface area contributed by atoms with Crippen molar-refractivity contribution in [3.8, 4) is 0 Å². The molecule has 0 saturated carbocycles. The lowest BCUT2D eigenvalue weighted by Crippen LogP contribution is -2.27. The van der Waals surface area contributed by atoms with Crippen molar-refractivity contribution >= 4 is 11.6 Å². The van der Waals surface area contributed by atoms with Crippen molar-refractivity contribution < 1.29 is 9.53 Å². The number of carbonyl (C=O) groups excluding carboxylic acids is 1. The lowest BCUT2D eigenvalue weighted by Gasteiger charge is -2.22.